The first-order valence-corrected chi connectivity index (χ1v) is 11.9. The number of rotatable bonds is 8. The number of Topliss-reactive ketones (excluding diaryl/α,β-unsaturated/α-hetero) is 1. The first-order chi connectivity index (χ1) is 17.7. The zero-order valence-electron chi connectivity index (χ0n) is 20.5. The molecule has 10 heteroatoms. The third kappa shape index (κ3) is 5.94. The number of ketones is 1. The van der Waals surface area contributed by atoms with E-state index in [9.17, 15) is 30.0 Å². The Balaban J connectivity index is 1.52. The van der Waals surface area contributed by atoms with Crippen LogP contribution in [0.4, 0.5) is 4.79 Å². The fourth-order valence-electron chi connectivity index (χ4n) is 4.64. The number of phenolic OH excluding ortho intramolecular Hbond substituents is 1. The van der Waals surface area contributed by atoms with Gasteiger partial charge in [0.1, 0.15) is 42.4 Å². The number of ether oxygens (including phenoxy) is 3. The standard InChI is InChI=1S/C27H30O10/c1-14-9-17(12-21-24(30)26(32)25(31)22(37-21)13-36-27(33)34-2)23(19(29)10-14)18(28)5-3-15-4-6-20-16(11-15)7-8-35-20/h4,6-11,21-22,24-26,29-32H,3,5,12-13H2,1-2H3. The molecule has 37 heavy (non-hydrogen) atoms. The highest BCUT2D eigenvalue weighted by Crippen LogP contribution is 2.31. The van der Waals surface area contributed by atoms with Crippen LogP contribution in [0, 0.1) is 6.92 Å². The summed E-state index contributed by atoms with van der Waals surface area (Å²) in [6, 6.07) is 10.7. The number of carbonyl (C=O) groups excluding carboxylic acids is 2. The number of fused-ring (bicyclic) bond motifs is 1. The maximum atomic E-state index is 13.3. The lowest BCUT2D eigenvalue weighted by Gasteiger charge is -2.40. The molecule has 1 aliphatic rings. The zero-order chi connectivity index (χ0) is 26.7. The molecule has 3 aromatic rings. The Morgan fingerprint density at radius 3 is 2.51 bits per heavy atom. The molecule has 2 aromatic carbocycles. The molecule has 0 saturated carbocycles. The summed E-state index contributed by atoms with van der Waals surface area (Å²) in [5.74, 6) is -0.488. The van der Waals surface area contributed by atoms with Crippen LogP contribution in [0.5, 0.6) is 5.75 Å². The molecule has 2 heterocycles. The second-order valence-corrected chi connectivity index (χ2v) is 9.19. The van der Waals surface area contributed by atoms with Gasteiger partial charge >= 0.3 is 6.16 Å². The Kier molecular flexibility index (Phi) is 8.13. The highest BCUT2D eigenvalue weighted by Gasteiger charge is 2.44. The fraction of sp³-hybridized carbons (Fsp3) is 0.407. The molecule has 1 aromatic heterocycles. The van der Waals surface area contributed by atoms with E-state index in [4.69, 9.17) is 13.9 Å². The van der Waals surface area contributed by atoms with Gasteiger partial charge in [0.05, 0.1) is 25.0 Å². The van der Waals surface area contributed by atoms with Crippen molar-refractivity contribution in [3.8, 4) is 5.75 Å². The number of methoxy groups -OCH3 is 1. The van der Waals surface area contributed by atoms with Gasteiger partial charge in [-0.25, -0.2) is 4.79 Å². The lowest BCUT2D eigenvalue weighted by Crippen LogP contribution is -2.59. The summed E-state index contributed by atoms with van der Waals surface area (Å²) < 4.78 is 20.4. The first kappa shape index (κ1) is 26.6. The Hall–Kier alpha value is -3.44. The SMILES string of the molecule is COC(=O)OCC1OC(Cc2cc(C)cc(O)c2C(=O)CCc2ccc3occc3c2)C(O)C(O)C1O. The van der Waals surface area contributed by atoms with Crippen molar-refractivity contribution in [1.82, 2.24) is 0 Å². The third-order valence-corrected chi connectivity index (χ3v) is 6.54. The Morgan fingerprint density at radius 1 is 1.00 bits per heavy atom. The largest absolute Gasteiger partial charge is 0.508 e. The van der Waals surface area contributed by atoms with E-state index in [0.717, 1.165) is 23.6 Å². The van der Waals surface area contributed by atoms with E-state index in [1.54, 1.807) is 19.3 Å². The van der Waals surface area contributed by atoms with Gasteiger partial charge in [0.15, 0.2) is 5.78 Å². The number of aromatic hydroxyl groups is 1. The molecule has 1 saturated heterocycles. The second kappa shape index (κ2) is 11.3. The number of aliphatic hydroxyl groups is 3. The molecule has 1 fully saturated rings. The summed E-state index contributed by atoms with van der Waals surface area (Å²) >= 11 is 0. The van der Waals surface area contributed by atoms with Crippen LogP contribution >= 0.6 is 0 Å². The molecule has 10 nitrogen and oxygen atoms in total. The molecule has 5 atom stereocenters. The fourth-order valence-corrected chi connectivity index (χ4v) is 4.64. The van der Waals surface area contributed by atoms with E-state index < -0.39 is 43.3 Å². The minimum absolute atomic E-state index is 0.0447. The molecular weight excluding hydrogens is 484 g/mol. The summed E-state index contributed by atoms with van der Waals surface area (Å²) in [4.78, 5) is 24.6. The summed E-state index contributed by atoms with van der Waals surface area (Å²) in [5, 5.41) is 42.8. The highest BCUT2D eigenvalue weighted by atomic mass is 16.7. The van der Waals surface area contributed by atoms with Gasteiger partial charge in [-0.1, -0.05) is 12.1 Å². The molecule has 0 aliphatic carbocycles. The molecule has 198 valence electrons. The Bertz CT molecular complexity index is 1270. The lowest BCUT2D eigenvalue weighted by molar-refractivity contribution is -0.229. The van der Waals surface area contributed by atoms with Gasteiger partial charge in [0.2, 0.25) is 0 Å². The first-order valence-electron chi connectivity index (χ1n) is 11.9. The van der Waals surface area contributed by atoms with Crippen molar-refractivity contribution in [2.24, 2.45) is 0 Å². The normalized spacial score (nSPS) is 23.6. The van der Waals surface area contributed by atoms with Crippen LogP contribution in [0.25, 0.3) is 11.0 Å². The topological polar surface area (TPSA) is 156 Å². The van der Waals surface area contributed by atoms with Crippen LogP contribution < -0.4 is 0 Å². The van der Waals surface area contributed by atoms with Crippen LogP contribution in [-0.4, -0.2) is 76.6 Å². The maximum absolute atomic E-state index is 13.3. The van der Waals surface area contributed by atoms with E-state index in [2.05, 4.69) is 4.74 Å². The zero-order valence-corrected chi connectivity index (χ0v) is 20.5. The number of hydrogen-bond donors (Lipinski definition) is 4. The molecule has 4 N–H and O–H groups in total. The van der Waals surface area contributed by atoms with Crippen molar-refractivity contribution in [3.05, 3.63) is 64.9 Å². The maximum Gasteiger partial charge on any atom is 0.508 e. The van der Waals surface area contributed by atoms with Gasteiger partial charge in [-0.3, -0.25) is 4.79 Å². The van der Waals surface area contributed by atoms with Crippen LogP contribution in [0.1, 0.15) is 33.5 Å². The number of carbonyl (C=O) groups is 2. The van der Waals surface area contributed by atoms with Gasteiger partial charge in [-0.2, -0.15) is 0 Å². The quantitative estimate of drug-likeness (QED) is 0.260. The number of phenols is 1. The van der Waals surface area contributed by atoms with Gasteiger partial charge < -0.3 is 39.1 Å². The van der Waals surface area contributed by atoms with E-state index in [0.29, 0.717) is 17.5 Å². The highest BCUT2D eigenvalue weighted by molar-refractivity contribution is 6.00. The van der Waals surface area contributed by atoms with E-state index in [1.807, 2.05) is 24.3 Å². The van der Waals surface area contributed by atoms with E-state index >= 15 is 0 Å². The summed E-state index contributed by atoms with van der Waals surface area (Å²) in [7, 11) is 1.13. The van der Waals surface area contributed by atoms with E-state index in [-0.39, 0.29) is 29.9 Å². The Labute approximate surface area is 213 Å². The average Bonchev–Trinajstić information content (AvgIpc) is 3.34. The molecule has 0 amide bonds. The van der Waals surface area contributed by atoms with Crippen molar-refractivity contribution in [3.63, 3.8) is 0 Å². The van der Waals surface area contributed by atoms with Crippen molar-refractivity contribution >= 4 is 22.9 Å². The number of hydrogen-bond acceptors (Lipinski definition) is 10. The molecule has 1 aliphatic heterocycles. The summed E-state index contributed by atoms with van der Waals surface area (Å²) in [5.41, 5.74) is 2.90. The second-order valence-electron chi connectivity index (χ2n) is 9.19. The average molecular weight is 515 g/mol. The minimum atomic E-state index is -1.58. The van der Waals surface area contributed by atoms with Crippen molar-refractivity contribution < 1.29 is 48.6 Å². The minimum Gasteiger partial charge on any atom is -0.507 e. The predicted octanol–water partition coefficient (Wildman–Crippen LogP) is 2.44. The van der Waals surface area contributed by atoms with Gasteiger partial charge in [0, 0.05) is 18.2 Å². The monoisotopic (exact) mass is 514 g/mol. The predicted molar refractivity (Wildman–Crippen MR) is 130 cm³/mol. The lowest BCUT2D eigenvalue weighted by atomic mass is 9.88. The summed E-state index contributed by atoms with van der Waals surface area (Å²) in [6.07, 6.45) is -5.66. The number of furan rings is 1. The third-order valence-electron chi connectivity index (χ3n) is 6.54. The van der Waals surface area contributed by atoms with E-state index in [1.165, 1.54) is 6.07 Å². The van der Waals surface area contributed by atoms with Crippen molar-refractivity contribution in [2.45, 2.75) is 56.7 Å². The number of aliphatic hydroxyl groups excluding tert-OH is 3. The van der Waals surface area contributed by atoms with Crippen LogP contribution in [0.2, 0.25) is 0 Å². The molecule has 0 spiro atoms. The molecular formula is C27H30O10. The van der Waals surface area contributed by atoms with Gasteiger partial charge in [-0.05, 0) is 54.3 Å². The molecule has 0 radical (unpaired) electrons. The molecule has 0 bridgehead atoms. The van der Waals surface area contributed by atoms with Crippen molar-refractivity contribution in [1.29, 1.82) is 0 Å². The number of aryl methyl sites for hydroxylation is 2. The van der Waals surface area contributed by atoms with Crippen LogP contribution in [0.15, 0.2) is 47.1 Å². The molecule has 5 unspecified atom stereocenters. The Morgan fingerprint density at radius 2 is 1.76 bits per heavy atom. The smallest absolute Gasteiger partial charge is 0.507 e. The van der Waals surface area contributed by atoms with Crippen molar-refractivity contribution in [2.75, 3.05) is 13.7 Å². The molecule has 4 rings (SSSR count). The summed E-state index contributed by atoms with van der Waals surface area (Å²) in [6.45, 7) is 1.33. The van der Waals surface area contributed by atoms with Crippen LogP contribution in [-0.2, 0) is 27.1 Å². The number of benzene rings is 2. The van der Waals surface area contributed by atoms with Crippen LogP contribution in [0.3, 0.4) is 0 Å². The van der Waals surface area contributed by atoms with Gasteiger partial charge in [-0.15, -0.1) is 0 Å². The van der Waals surface area contributed by atoms with Gasteiger partial charge in [0.25, 0.3) is 0 Å².